The van der Waals surface area contributed by atoms with Crippen molar-refractivity contribution in [3.63, 3.8) is 0 Å². The molecular formula is C24H12CuN4. The van der Waals surface area contributed by atoms with Gasteiger partial charge >= 0.3 is 17.1 Å². The summed E-state index contributed by atoms with van der Waals surface area (Å²) in [5, 5.41) is 0. The van der Waals surface area contributed by atoms with Gasteiger partial charge in [0.15, 0.2) is 0 Å². The third-order valence-electron chi connectivity index (χ3n) is 5.47. The second-order valence-electron chi connectivity index (χ2n) is 7.26. The van der Waals surface area contributed by atoms with Gasteiger partial charge in [-0.25, -0.2) is 9.97 Å². The molecule has 2 aliphatic heterocycles. The molecule has 8 bridgehead atoms. The van der Waals surface area contributed by atoms with Crippen LogP contribution in [-0.4, -0.2) is 9.97 Å². The molecule has 0 spiro atoms. The second-order valence-corrected chi connectivity index (χ2v) is 7.26. The fraction of sp³-hybridized carbons (Fsp3) is 0. The summed E-state index contributed by atoms with van der Waals surface area (Å²) in [5.41, 5.74) is 11.9. The van der Waals surface area contributed by atoms with Crippen LogP contribution in [0.15, 0.2) is 36.4 Å². The van der Waals surface area contributed by atoms with Crippen LogP contribution in [0.25, 0.3) is 64.1 Å². The number of hydrogen-bond donors (Lipinski definition) is 0. The van der Waals surface area contributed by atoms with E-state index in [-0.39, 0.29) is 17.1 Å². The molecule has 5 heterocycles. The van der Waals surface area contributed by atoms with Crippen LogP contribution >= 0.6 is 0 Å². The molecule has 0 atom stereocenters. The first kappa shape index (κ1) is 16.5. The summed E-state index contributed by atoms with van der Waals surface area (Å²) >= 11 is 0. The summed E-state index contributed by atoms with van der Waals surface area (Å²) in [7, 11) is 0. The van der Waals surface area contributed by atoms with Gasteiger partial charge in [-0.3, -0.25) is 0 Å². The van der Waals surface area contributed by atoms with Gasteiger partial charge in [0.1, 0.15) is 0 Å². The van der Waals surface area contributed by atoms with Crippen LogP contribution in [0.3, 0.4) is 0 Å². The molecule has 0 amide bonds. The quantitative estimate of drug-likeness (QED) is 0.338. The van der Waals surface area contributed by atoms with Crippen molar-refractivity contribution in [1.82, 2.24) is 19.9 Å². The maximum Gasteiger partial charge on any atom is 2.00 e. The molecule has 2 aliphatic carbocycles. The first-order valence-corrected chi connectivity index (χ1v) is 9.24. The number of allylic oxidation sites excluding steroid dienone is 2. The van der Waals surface area contributed by atoms with Crippen LogP contribution in [0.5, 0.6) is 0 Å². The summed E-state index contributed by atoms with van der Waals surface area (Å²) < 4.78 is 0. The monoisotopic (exact) mass is 419 g/mol. The van der Waals surface area contributed by atoms with E-state index in [2.05, 4.69) is 36.4 Å². The van der Waals surface area contributed by atoms with Gasteiger partial charge in [-0.1, -0.05) is 54.6 Å². The molecule has 0 N–H and O–H groups in total. The number of rotatable bonds is 0. The van der Waals surface area contributed by atoms with Crippen LogP contribution in [0.4, 0.5) is 0 Å². The van der Waals surface area contributed by atoms with Gasteiger partial charge in [0.2, 0.25) is 0 Å². The number of nitrogens with zero attached hydrogens (tertiary/aromatic N) is 4. The van der Waals surface area contributed by atoms with Crippen LogP contribution in [0, 0.1) is 0 Å². The van der Waals surface area contributed by atoms with Crippen LogP contribution in [0.2, 0.25) is 0 Å². The van der Waals surface area contributed by atoms with E-state index >= 15 is 0 Å². The summed E-state index contributed by atoms with van der Waals surface area (Å²) in [5.74, 6) is 0. The number of aromatic nitrogens is 4. The van der Waals surface area contributed by atoms with Gasteiger partial charge < -0.3 is 9.97 Å². The Kier molecular flexibility index (Phi) is 3.31. The van der Waals surface area contributed by atoms with Crippen molar-refractivity contribution in [3.05, 3.63) is 75.9 Å². The van der Waals surface area contributed by atoms with Crippen molar-refractivity contribution in [2.75, 3.05) is 0 Å². The van der Waals surface area contributed by atoms with Crippen LogP contribution in [0.1, 0.15) is 39.5 Å². The third kappa shape index (κ3) is 2.38. The largest absolute Gasteiger partial charge is 2.00 e. The van der Waals surface area contributed by atoms with E-state index in [9.17, 15) is 0 Å². The summed E-state index contributed by atoms with van der Waals surface area (Å²) in [6.07, 6.45) is 14.6. The molecule has 0 fully saturated rings. The van der Waals surface area contributed by atoms with Gasteiger partial charge in [-0.2, -0.15) is 0 Å². The first-order valence-electron chi connectivity index (χ1n) is 9.24. The molecule has 3 aromatic heterocycles. The van der Waals surface area contributed by atoms with E-state index in [4.69, 9.17) is 19.9 Å². The predicted octanol–water partition coefficient (Wildman–Crippen LogP) is 4.79. The van der Waals surface area contributed by atoms with E-state index < -0.39 is 0 Å². The molecule has 0 unspecified atom stereocenters. The summed E-state index contributed by atoms with van der Waals surface area (Å²) in [6, 6.07) is 10.2. The number of hydrogen-bond acceptors (Lipinski definition) is 2. The Hall–Kier alpha value is -3.40. The van der Waals surface area contributed by atoms with Crippen LogP contribution in [-0.2, 0) is 17.1 Å². The molecule has 7 rings (SSSR count). The molecule has 3 aromatic rings. The zero-order chi connectivity index (χ0) is 18.2. The molecule has 0 saturated heterocycles. The predicted molar refractivity (Wildman–Crippen MR) is 114 cm³/mol. The van der Waals surface area contributed by atoms with Gasteiger partial charge in [-0.15, -0.1) is 22.1 Å². The zero-order valence-electron chi connectivity index (χ0n) is 15.0. The summed E-state index contributed by atoms with van der Waals surface area (Å²) in [4.78, 5) is 19.3. The maximum absolute atomic E-state index is 4.85. The third-order valence-corrected chi connectivity index (χ3v) is 5.47. The smallest absolute Gasteiger partial charge is 0.657 e. The van der Waals surface area contributed by atoms with Gasteiger partial charge in [0, 0.05) is 5.57 Å². The normalized spacial score (nSPS) is 14.4. The minimum Gasteiger partial charge on any atom is -0.657 e. The summed E-state index contributed by atoms with van der Waals surface area (Å²) in [6.45, 7) is 0. The van der Waals surface area contributed by atoms with E-state index in [1.165, 1.54) is 0 Å². The molecule has 139 valence electrons. The minimum absolute atomic E-state index is 0. The Morgan fingerprint density at radius 3 is 2.55 bits per heavy atom. The van der Waals surface area contributed by atoms with E-state index in [0.29, 0.717) is 0 Å². The average Bonchev–Trinajstić information content (AvgIpc) is 3.44. The van der Waals surface area contributed by atoms with Gasteiger partial charge in [0.05, 0.1) is 22.8 Å². The average molecular weight is 420 g/mol. The standard InChI is InChI=1S/C24H12N4.Cu/c1-5-19-21-7-3-15(25-21)11-16-4-8-22(26-16)20-6-2-14-10-18(28-24(14)20)12-17-9-13(1)23(19)27-17;/h1-12H;/q-2;+2. The maximum atomic E-state index is 4.85. The SMILES string of the molecule is C1=Cc2c3nc(cc4cc5c([n-]4)c(c4nc(cc6ccc2[n-]6)C=C4)C=C5)C=C13.[Cu+2]. The number of fused-ring (bicyclic) bond motifs is 8. The van der Waals surface area contributed by atoms with Gasteiger partial charge in [0.25, 0.3) is 0 Å². The molecule has 29 heavy (non-hydrogen) atoms. The first-order chi connectivity index (χ1) is 13.8. The van der Waals surface area contributed by atoms with E-state index in [0.717, 1.165) is 67.1 Å². The Morgan fingerprint density at radius 1 is 0.690 bits per heavy atom. The molecule has 1 radical (unpaired) electrons. The van der Waals surface area contributed by atoms with Crippen molar-refractivity contribution in [2.45, 2.75) is 0 Å². The van der Waals surface area contributed by atoms with Crippen molar-refractivity contribution in [2.24, 2.45) is 0 Å². The van der Waals surface area contributed by atoms with Crippen molar-refractivity contribution in [1.29, 1.82) is 0 Å². The van der Waals surface area contributed by atoms with Gasteiger partial charge in [-0.05, 0) is 34.9 Å². The minimum atomic E-state index is 0. The zero-order valence-corrected chi connectivity index (χ0v) is 16.0. The molecular weight excluding hydrogens is 408 g/mol. The van der Waals surface area contributed by atoms with Crippen molar-refractivity contribution < 1.29 is 17.1 Å². The Morgan fingerprint density at radius 2 is 1.59 bits per heavy atom. The molecule has 4 nitrogen and oxygen atoms in total. The van der Waals surface area contributed by atoms with Crippen molar-refractivity contribution in [3.8, 4) is 0 Å². The molecule has 0 saturated carbocycles. The Balaban J connectivity index is 0.00000165. The second kappa shape index (κ2) is 5.80. The molecule has 0 aromatic carbocycles. The Bertz CT molecular complexity index is 1510. The van der Waals surface area contributed by atoms with E-state index in [1.807, 2.05) is 36.4 Å². The van der Waals surface area contributed by atoms with Crippen LogP contribution < -0.4 is 9.97 Å². The van der Waals surface area contributed by atoms with E-state index in [1.54, 1.807) is 0 Å². The molecule has 4 aliphatic rings. The topological polar surface area (TPSA) is 54.0 Å². The van der Waals surface area contributed by atoms with Crippen molar-refractivity contribution >= 4 is 64.1 Å². The fourth-order valence-corrected chi connectivity index (χ4v) is 4.18. The molecule has 5 heteroatoms. The Labute approximate surface area is 176 Å². The fourth-order valence-electron chi connectivity index (χ4n) is 4.18.